The first-order valence-electron chi connectivity index (χ1n) is 8.03. The largest absolute Gasteiger partial charge is 0.497 e. The zero-order valence-corrected chi connectivity index (χ0v) is 15.5. The van der Waals surface area contributed by atoms with E-state index in [0.29, 0.717) is 19.0 Å². The van der Waals surface area contributed by atoms with Crippen molar-refractivity contribution in [2.45, 2.75) is 12.5 Å². The van der Waals surface area contributed by atoms with Crippen molar-refractivity contribution in [1.29, 1.82) is 0 Å². The molecule has 5 nitrogen and oxygen atoms in total. The molecule has 1 amide bonds. The molecule has 0 spiro atoms. The first-order valence-corrected chi connectivity index (χ1v) is 8.82. The van der Waals surface area contributed by atoms with E-state index < -0.39 is 0 Å². The van der Waals surface area contributed by atoms with E-state index in [1.165, 1.54) is 0 Å². The fourth-order valence-corrected chi connectivity index (χ4v) is 2.85. The minimum Gasteiger partial charge on any atom is -0.497 e. The molecule has 1 saturated heterocycles. The number of rotatable bonds is 5. The van der Waals surface area contributed by atoms with Crippen LogP contribution in [0, 0.1) is 0 Å². The van der Waals surface area contributed by atoms with Crippen molar-refractivity contribution in [2.75, 3.05) is 20.2 Å². The Bertz CT molecular complexity index is 744. The van der Waals surface area contributed by atoms with Gasteiger partial charge in [0.25, 0.3) is 0 Å². The molecule has 0 aliphatic carbocycles. The number of carbonyl (C=O) groups is 1. The van der Waals surface area contributed by atoms with Crippen LogP contribution in [-0.2, 0) is 4.79 Å². The van der Waals surface area contributed by atoms with E-state index in [4.69, 9.17) is 9.47 Å². The summed E-state index contributed by atoms with van der Waals surface area (Å²) in [5.74, 6) is 1.37. The number of benzene rings is 1. The lowest BCUT2D eigenvalue weighted by Crippen LogP contribution is -2.29. The fraction of sp³-hybridized carbons (Fsp3) is 0.263. The number of carbonyl (C=O) groups excluding carboxylic acids is 1. The van der Waals surface area contributed by atoms with Gasteiger partial charge in [0, 0.05) is 35.8 Å². The standard InChI is InChI=1S/C19H19BrN2O3/c1-24-16-6-2-14(3-7-16)4-9-19(23)22-11-10-17(13-22)25-18-8-5-15(20)12-21-18/h2-9,12,17H,10-11,13H2,1H3/b9-4+. The van der Waals surface area contributed by atoms with Crippen molar-refractivity contribution in [2.24, 2.45) is 0 Å². The quantitative estimate of drug-likeness (QED) is 0.717. The van der Waals surface area contributed by atoms with Crippen LogP contribution in [0.4, 0.5) is 0 Å². The molecule has 6 heteroatoms. The Morgan fingerprint density at radius 3 is 2.76 bits per heavy atom. The molecular weight excluding hydrogens is 384 g/mol. The average Bonchev–Trinajstić information content (AvgIpc) is 3.10. The highest BCUT2D eigenvalue weighted by Crippen LogP contribution is 2.19. The van der Waals surface area contributed by atoms with Gasteiger partial charge in [-0.05, 0) is 45.8 Å². The Morgan fingerprint density at radius 2 is 2.08 bits per heavy atom. The number of amides is 1. The minimum absolute atomic E-state index is 0.00863. The molecule has 3 rings (SSSR count). The maximum atomic E-state index is 12.3. The number of pyridine rings is 1. The van der Waals surface area contributed by atoms with E-state index in [2.05, 4.69) is 20.9 Å². The van der Waals surface area contributed by atoms with Crippen LogP contribution in [0.3, 0.4) is 0 Å². The summed E-state index contributed by atoms with van der Waals surface area (Å²) >= 11 is 3.35. The first kappa shape index (κ1) is 17.5. The molecule has 1 aliphatic rings. The molecule has 1 aromatic carbocycles. The summed E-state index contributed by atoms with van der Waals surface area (Å²) in [7, 11) is 1.63. The van der Waals surface area contributed by atoms with Crippen molar-refractivity contribution in [3.8, 4) is 11.6 Å². The topological polar surface area (TPSA) is 51.7 Å². The molecule has 0 N–H and O–H groups in total. The Morgan fingerprint density at radius 1 is 1.28 bits per heavy atom. The number of hydrogen-bond acceptors (Lipinski definition) is 4. The third-order valence-corrected chi connectivity index (χ3v) is 4.45. The zero-order valence-electron chi connectivity index (χ0n) is 13.9. The molecule has 1 aliphatic heterocycles. The molecule has 1 fully saturated rings. The lowest BCUT2D eigenvalue weighted by atomic mass is 10.2. The van der Waals surface area contributed by atoms with Crippen molar-refractivity contribution < 1.29 is 14.3 Å². The summed E-state index contributed by atoms with van der Waals surface area (Å²) in [6, 6.07) is 11.3. The zero-order chi connectivity index (χ0) is 17.6. The predicted molar refractivity (Wildman–Crippen MR) is 99.6 cm³/mol. The van der Waals surface area contributed by atoms with Crippen molar-refractivity contribution in [1.82, 2.24) is 9.88 Å². The molecule has 0 saturated carbocycles. The van der Waals surface area contributed by atoms with E-state index in [1.807, 2.05) is 42.5 Å². The van der Waals surface area contributed by atoms with Crippen LogP contribution >= 0.6 is 15.9 Å². The number of nitrogens with zero attached hydrogens (tertiary/aromatic N) is 2. The van der Waals surface area contributed by atoms with Gasteiger partial charge < -0.3 is 14.4 Å². The van der Waals surface area contributed by atoms with Gasteiger partial charge in [-0.1, -0.05) is 12.1 Å². The van der Waals surface area contributed by atoms with Gasteiger partial charge in [-0.25, -0.2) is 4.98 Å². The molecule has 0 bridgehead atoms. The molecule has 1 atom stereocenters. The van der Waals surface area contributed by atoms with Gasteiger partial charge in [0.1, 0.15) is 11.9 Å². The van der Waals surface area contributed by atoms with Crippen molar-refractivity contribution >= 4 is 27.9 Å². The Balaban J connectivity index is 1.53. The number of methoxy groups -OCH3 is 1. The molecule has 1 aromatic heterocycles. The molecule has 1 unspecified atom stereocenters. The number of likely N-dealkylation sites (tertiary alicyclic amines) is 1. The smallest absolute Gasteiger partial charge is 0.246 e. The number of ether oxygens (including phenoxy) is 2. The summed E-state index contributed by atoms with van der Waals surface area (Å²) in [5.41, 5.74) is 0.959. The third-order valence-electron chi connectivity index (χ3n) is 3.98. The molecule has 0 radical (unpaired) electrons. The minimum atomic E-state index is -0.0213. The van der Waals surface area contributed by atoms with E-state index in [0.717, 1.165) is 22.2 Å². The van der Waals surface area contributed by atoms with Gasteiger partial charge in [0.15, 0.2) is 0 Å². The highest BCUT2D eigenvalue weighted by molar-refractivity contribution is 9.10. The van der Waals surface area contributed by atoms with Crippen LogP contribution in [0.25, 0.3) is 6.08 Å². The maximum absolute atomic E-state index is 12.3. The number of hydrogen-bond donors (Lipinski definition) is 0. The third kappa shape index (κ3) is 4.82. The lowest BCUT2D eigenvalue weighted by molar-refractivity contribution is -0.125. The second-order valence-corrected chi connectivity index (χ2v) is 6.65. The van der Waals surface area contributed by atoms with Crippen LogP contribution in [-0.4, -0.2) is 42.1 Å². The first-order chi connectivity index (χ1) is 12.1. The van der Waals surface area contributed by atoms with Gasteiger partial charge in [0.2, 0.25) is 11.8 Å². The molecular formula is C19H19BrN2O3. The Kier molecular flexibility index (Phi) is 5.71. The van der Waals surface area contributed by atoms with E-state index in [1.54, 1.807) is 24.3 Å². The monoisotopic (exact) mass is 402 g/mol. The normalized spacial score (nSPS) is 17.0. The van der Waals surface area contributed by atoms with Crippen LogP contribution in [0.15, 0.2) is 53.1 Å². The van der Waals surface area contributed by atoms with Crippen LogP contribution < -0.4 is 9.47 Å². The second kappa shape index (κ2) is 8.16. The number of aromatic nitrogens is 1. The molecule has 25 heavy (non-hydrogen) atoms. The van der Waals surface area contributed by atoms with Gasteiger partial charge in [-0.2, -0.15) is 0 Å². The summed E-state index contributed by atoms with van der Waals surface area (Å²) < 4.78 is 11.9. The lowest BCUT2D eigenvalue weighted by Gasteiger charge is -2.15. The molecule has 2 aromatic rings. The summed E-state index contributed by atoms with van der Waals surface area (Å²) in [6.45, 7) is 1.26. The average molecular weight is 403 g/mol. The van der Waals surface area contributed by atoms with Crippen molar-refractivity contribution in [3.63, 3.8) is 0 Å². The second-order valence-electron chi connectivity index (χ2n) is 5.73. The fourth-order valence-electron chi connectivity index (χ4n) is 2.62. The predicted octanol–water partition coefficient (Wildman–Crippen LogP) is 3.55. The van der Waals surface area contributed by atoms with Crippen LogP contribution in [0.2, 0.25) is 0 Å². The summed E-state index contributed by atoms with van der Waals surface area (Å²) in [5, 5.41) is 0. The Hall–Kier alpha value is -2.34. The van der Waals surface area contributed by atoms with Crippen LogP contribution in [0.5, 0.6) is 11.6 Å². The van der Waals surface area contributed by atoms with Gasteiger partial charge in [0.05, 0.1) is 13.7 Å². The van der Waals surface area contributed by atoms with E-state index in [-0.39, 0.29) is 12.0 Å². The number of halogens is 1. The van der Waals surface area contributed by atoms with Crippen LogP contribution in [0.1, 0.15) is 12.0 Å². The molecule has 130 valence electrons. The van der Waals surface area contributed by atoms with Crippen molar-refractivity contribution in [3.05, 3.63) is 58.7 Å². The maximum Gasteiger partial charge on any atom is 0.246 e. The summed E-state index contributed by atoms with van der Waals surface area (Å²) in [4.78, 5) is 18.3. The highest BCUT2D eigenvalue weighted by Gasteiger charge is 2.26. The van der Waals surface area contributed by atoms with E-state index >= 15 is 0 Å². The summed E-state index contributed by atoms with van der Waals surface area (Å²) in [6.07, 6.45) is 5.89. The van der Waals surface area contributed by atoms with Gasteiger partial charge in [-0.15, -0.1) is 0 Å². The van der Waals surface area contributed by atoms with Gasteiger partial charge in [-0.3, -0.25) is 4.79 Å². The van der Waals surface area contributed by atoms with Gasteiger partial charge >= 0.3 is 0 Å². The Labute approximate surface area is 155 Å². The SMILES string of the molecule is COc1ccc(/C=C/C(=O)N2CCC(Oc3ccc(Br)cn3)C2)cc1. The van der Waals surface area contributed by atoms with E-state index in [9.17, 15) is 4.79 Å². The highest BCUT2D eigenvalue weighted by atomic mass is 79.9. The molecule has 2 heterocycles.